The van der Waals surface area contributed by atoms with Crippen LogP contribution in [0.2, 0.25) is 0 Å². The van der Waals surface area contributed by atoms with E-state index in [9.17, 15) is 0 Å². The predicted octanol–water partition coefficient (Wildman–Crippen LogP) is 2.53. The van der Waals surface area contributed by atoms with Crippen molar-refractivity contribution >= 4 is 5.96 Å². The molecule has 0 aromatic carbocycles. The molecule has 0 amide bonds. The van der Waals surface area contributed by atoms with Gasteiger partial charge in [0.1, 0.15) is 0 Å². The highest BCUT2D eigenvalue weighted by atomic mass is 16.5. The van der Waals surface area contributed by atoms with Gasteiger partial charge in [0.25, 0.3) is 0 Å². The third kappa shape index (κ3) is 4.61. The third-order valence-electron chi connectivity index (χ3n) is 4.02. The van der Waals surface area contributed by atoms with Crippen molar-refractivity contribution in [3.8, 4) is 5.88 Å². The van der Waals surface area contributed by atoms with Crippen LogP contribution in [0, 0.1) is 11.8 Å². The second-order valence-electron chi connectivity index (χ2n) is 6.30. The molecule has 1 fully saturated rings. The molecular weight excluding hydrogens is 276 g/mol. The van der Waals surface area contributed by atoms with E-state index in [1.165, 1.54) is 12.8 Å². The fourth-order valence-electron chi connectivity index (χ4n) is 3.06. The summed E-state index contributed by atoms with van der Waals surface area (Å²) >= 11 is 0. The van der Waals surface area contributed by atoms with Crippen LogP contribution in [0.1, 0.15) is 32.4 Å². The van der Waals surface area contributed by atoms with Crippen LogP contribution in [0.3, 0.4) is 0 Å². The summed E-state index contributed by atoms with van der Waals surface area (Å²) in [5, 5.41) is 3.41. The number of likely N-dealkylation sites (tertiary alicyclic amines) is 1. The molecule has 22 heavy (non-hydrogen) atoms. The summed E-state index contributed by atoms with van der Waals surface area (Å²) in [5.41, 5.74) is 0.957. The number of aromatic nitrogens is 1. The largest absolute Gasteiger partial charge is 0.481 e. The zero-order valence-corrected chi connectivity index (χ0v) is 14.2. The highest BCUT2D eigenvalue weighted by Crippen LogP contribution is 2.23. The summed E-state index contributed by atoms with van der Waals surface area (Å²) in [4.78, 5) is 11.2. The van der Waals surface area contributed by atoms with Crippen molar-refractivity contribution in [2.24, 2.45) is 16.8 Å². The van der Waals surface area contributed by atoms with Gasteiger partial charge in [-0.15, -0.1) is 0 Å². The summed E-state index contributed by atoms with van der Waals surface area (Å²) in [6.45, 7) is 7.44. The van der Waals surface area contributed by atoms with Gasteiger partial charge in [0, 0.05) is 26.2 Å². The monoisotopic (exact) mass is 304 g/mol. The van der Waals surface area contributed by atoms with E-state index >= 15 is 0 Å². The molecule has 1 aromatic heterocycles. The third-order valence-corrected chi connectivity index (χ3v) is 4.02. The van der Waals surface area contributed by atoms with Gasteiger partial charge >= 0.3 is 0 Å². The average Bonchev–Trinajstić information content (AvgIpc) is 2.95. The summed E-state index contributed by atoms with van der Waals surface area (Å²) in [6, 6.07) is 5.81. The Hall–Kier alpha value is -1.78. The van der Waals surface area contributed by atoms with Crippen LogP contribution >= 0.6 is 0 Å². The zero-order chi connectivity index (χ0) is 15.9. The molecule has 2 rings (SSSR count). The fraction of sp³-hybridized carbons (Fsp3) is 0.647. The number of ether oxygens (including phenoxy) is 1. The topological polar surface area (TPSA) is 49.8 Å². The molecule has 1 aromatic rings. The van der Waals surface area contributed by atoms with Crippen molar-refractivity contribution in [3.63, 3.8) is 0 Å². The molecule has 0 radical (unpaired) electrons. The lowest BCUT2D eigenvalue weighted by molar-refractivity contribution is 0.395. The number of methoxy groups -OCH3 is 1. The maximum absolute atomic E-state index is 5.16. The van der Waals surface area contributed by atoms with Crippen LogP contribution in [-0.2, 0) is 6.54 Å². The summed E-state index contributed by atoms with van der Waals surface area (Å²) < 4.78 is 5.16. The Morgan fingerprint density at radius 3 is 3.00 bits per heavy atom. The second kappa shape index (κ2) is 8.01. The molecule has 0 aliphatic carbocycles. The van der Waals surface area contributed by atoms with Crippen LogP contribution in [0.4, 0.5) is 0 Å². The molecule has 1 unspecified atom stereocenters. The van der Waals surface area contributed by atoms with E-state index in [1.807, 2.05) is 25.2 Å². The van der Waals surface area contributed by atoms with Crippen molar-refractivity contribution in [1.82, 2.24) is 15.2 Å². The lowest BCUT2D eigenvalue weighted by Crippen LogP contribution is -2.39. The smallest absolute Gasteiger partial charge is 0.213 e. The lowest BCUT2D eigenvalue weighted by atomic mass is 9.97. The Morgan fingerprint density at radius 2 is 2.32 bits per heavy atom. The molecule has 1 aliphatic rings. The van der Waals surface area contributed by atoms with Gasteiger partial charge in [-0.2, -0.15) is 0 Å². The fourth-order valence-corrected chi connectivity index (χ4v) is 3.06. The number of nitrogens with zero attached hydrogens (tertiary/aromatic N) is 3. The number of guanidine groups is 1. The maximum atomic E-state index is 5.16. The Balaban J connectivity index is 1.88. The van der Waals surface area contributed by atoms with E-state index in [-0.39, 0.29) is 0 Å². The first-order chi connectivity index (χ1) is 10.6. The molecule has 1 atom stereocenters. The SMILES string of the molecule is CN=C(NCc1cccc(OC)n1)N1CCC(CC(C)C)C1. The molecule has 1 N–H and O–H groups in total. The standard InChI is InChI=1S/C17H28N4O/c1-13(2)10-14-8-9-21(12-14)17(18-3)19-11-15-6-5-7-16(20-15)22-4/h5-7,13-14H,8-12H2,1-4H3,(H,18,19). The second-order valence-corrected chi connectivity index (χ2v) is 6.30. The number of pyridine rings is 1. The lowest BCUT2D eigenvalue weighted by Gasteiger charge is -2.22. The van der Waals surface area contributed by atoms with Crippen molar-refractivity contribution in [1.29, 1.82) is 0 Å². The van der Waals surface area contributed by atoms with Crippen LogP contribution in [0.5, 0.6) is 5.88 Å². The molecule has 0 spiro atoms. The highest BCUT2D eigenvalue weighted by Gasteiger charge is 2.25. The van der Waals surface area contributed by atoms with Crippen LogP contribution < -0.4 is 10.1 Å². The number of hydrogen-bond acceptors (Lipinski definition) is 3. The predicted molar refractivity (Wildman–Crippen MR) is 90.1 cm³/mol. The van der Waals surface area contributed by atoms with Crippen LogP contribution in [-0.4, -0.2) is 43.1 Å². The maximum Gasteiger partial charge on any atom is 0.213 e. The van der Waals surface area contributed by atoms with Gasteiger partial charge in [-0.05, 0) is 30.7 Å². The van der Waals surface area contributed by atoms with Gasteiger partial charge < -0.3 is 15.0 Å². The Bertz CT molecular complexity index is 501. The van der Waals surface area contributed by atoms with Gasteiger partial charge in [0.05, 0.1) is 19.3 Å². The van der Waals surface area contributed by atoms with Gasteiger partial charge in [0.2, 0.25) is 5.88 Å². The van der Waals surface area contributed by atoms with Crippen molar-refractivity contribution in [2.75, 3.05) is 27.2 Å². The molecule has 5 nitrogen and oxygen atoms in total. The molecule has 1 saturated heterocycles. The van der Waals surface area contributed by atoms with E-state index in [0.29, 0.717) is 12.4 Å². The summed E-state index contributed by atoms with van der Waals surface area (Å²) in [5.74, 6) is 3.16. The van der Waals surface area contributed by atoms with Gasteiger partial charge in [-0.1, -0.05) is 19.9 Å². The summed E-state index contributed by atoms with van der Waals surface area (Å²) in [7, 11) is 3.48. The number of nitrogens with one attached hydrogen (secondary N) is 1. The average molecular weight is 304 g/mol. The number of rotatable bonds is 5. The van der Waals surface area contributed by atoms with Crippen LogP contribution in [0.15, 0.2) is 23.2 Å². The first-order valence-corrected chi connectivity index (χ1v) is 8.08. The van der Waals surface area contributed by atoms with E-state index < -0.39 is 0 Å². The number of aliphatic imine (C=N–C) groups is 1. The number of hydrogen-bond donors (Lipinski definition) is 1. The van der Waals surface area contributed by atoms with Gasteiger partial charge in [0.15, 0.2) is 5.96 Å². The molecule has 0 saturated carbocycles. The molecule has 2 heterocycles. The molecule has 122 valence electrons. The van der Waals surface area contributed by atoms with Crippen molar-refractivity contribution in [3.05, 3.63) is 23.9 Å². The first kappa shape index (κ1) is 16.6. The minimum Gasteiger partial charge on any atom is -0.481 e. The van der Waals surface area contributed by atoms with E-state index in [4.69, 9.17) is 4.74 Å². The van der Waals surface area contributed by atoms with E-state index in [0.717, 1.165) is 36.6 Å². The zero-order valence-electron chi connectivity index (χ0n) is 14.2. The van der Waals surface area contributed by atoms with Crippen molar-refractivity contribution < 1.29 is 4.74 Å². The molecule has 5 heteroatoms. The van der Waals surface area contributed by atoms with Gasteiger partial charge in [-0.3, -0.25) is 4.99 Å². The van der Waals surface area contributed by atoms with E-state index in [2.05, 4.69) is 34.0 Å². The molecule has 0 bridgehead atoms. The van der Waals surface area contributed by atoms with Gasteiger partial charge in [-0.25, -0.2) is 4.98 Å². The summed E-state index contributed by atoms with van der Waals surface area (Å²) in [6.07, 6.45) is 2.56. The molecule has 1 aliphatic heterocycles. The minimum atomic E-state index is 0.646. The minimum absolute atomic E-state index is 0.646. The Labute approximate surface area is 133 Å². The molecular formula is C17H28N4O. The van der Waals surface area contributed by atoms with Crippen LogP contribution in [0.25, 0.3) is 0 Å². The Kier molecular flexibility index (Phi) is 6.04. The first-order valence-electron chi connectivity index (χ1n) is 8.08. The quantitative estimate of drug-likeness (QED) is 0.671. The van der Waals surface area contributed by atoms with E-state index in [1.54, 1.807) is 7.11 Å². The Morgan fingerprint density at radius 1 is 1.50 bits per heavy atom. The normalized spacial score (nSPS) is 18.9. The highest BCUT2D eigenvalue weighted by molar-refractivity contribution is 5.80. The van der Waals surface area contributed by atoms with Crippen molar-refractivity contribution in [2.45, 2.75) is 33.2 Å².